The third-order valence-electron chi connectivity index (χ3n) is 5.62. The number of ether oxygens (including phenoxy) is 1. The van der Waals surface area contributed by atoms with Gasteiger partial charge in [-0.3, -0.25) is 4.90 Å². The number of urea groups is 1. The summed E-state index contributed by atoms with van der Waals surface area (Å²) < 4.78 is 5.29. The molecule has 0 spiro atoms. The van der Waals surface area contributed by atoms with E-state index in [1.807, 2.05) is 17.0 Å². The molecule has 2 amide bonds. The van der Waals surface area contributed by atoms with E-state index in [-0.39, 0.29) is 6.03 Å². The van der Waals surface area contributed by atoms with Gasteiger partial charge >= 0.3 is 6.03 Å². The Hall–Kier alpha value is -2.01. The van der Waals surface area contributed by atoms with Gasteiger partial charge in [0.2, 0.25) is 0 Å². The van der Waals surface area contributed by atoms with Crippen molar-refractivity contribution in [1.29, 1.82) is 0 Å². The fourth-order valence-electron chi connectivity index (χ4n) is 3.86. The standard InChI is InChI=1S/C22H33N3O2/c1-27-21-9-5-8-20(18-21)11-13-24-14-16-25(17-15-24)22(26)23-12-10-19-6-3-2-4-7-19/h5-6,8-9,18H,2-4,7,10-17H2,1H3,(H,23,26). The van der Waals surface area contributed by atoms with Crippen molar-refractivity contribution < 1.29 is 9.53 Å². The second kappa shape index (κ2) is 10.4. The highest BCUT2D eigenvalue weighted by Gasteiger charge is 2.20. The molecule has 0 atom stereocenters. The fourth-order valence-corrected chi connectivity index (χ4v) is 3.86. The van der Waals surface area contributed by atoms with Crippen LogP contribution in [0.5, 0.6) is 5.75 Å². The monoisotopic (exact) mass is 371 g/mol. The second-order valence-electron chi connectivity index (χ2n) is 7.52. The summed E-state index contributed by atoms with van der Waals surface area (Å²) in [5, 5.41) is 3.10. The van der Waals surface area contributed by atoms with E-state index in [0.717, 1.165) is 57.9 Å². The quantitative estimate of drug-likeness (QED) is 0.747. The van der Waals surface area contributed by atoms with Gasteiger partial charge in [-0.25, -0.2) is 4.79 Å². The Balaban J connectivity index is 1.33. The second-order valence-corrected chi connectivity index (χ2v) is 7.52. The van der Waals surface area contributed by atoms with Crippen molar-refractivity contribution in [2.45, 2.75) is 38.5 Å². The number of methoxy groups -OCH3 is 1. The van der Waals surface area contributed by atoms with Crippen LogP contribution in [0.3, 0.4) is 0 Å². The molecule has 1 saturated heterocycles. The number of benzene rings is 1. The number of piperazine rings is 1. The Bertz CT molecular complexity index is 636. The Labute approximate surface area is 163 Å². The molecule has 0 bridgehead atoms. The maximum absolute atomic E-state index is 12.4. The Kier molecular flexibility index (Phi) is 7.57. The number of hydrogen-bond acceptors (Lipinski definition) is 3. The minimum absolute atomic E-state index is 0.0962. The Morgan fingerprint density at radius 3 is 2.74 bits per heavy atom. The van der Waals surface area contributed by atoms with Crippen LogP contribution in [-0.4, -0.2) is 62.2 Å². The van der Waals surface area contributed by atoms with Crippen molar-refractivity contribution in [2.24, 2.45) is 0 Å². The number of nitrogens with zero attached hydrogens (tertiary/aromatic N) is 2. The molecule has 1 fully saturated rings. The third-order valence-corrected chi connectivity index (χ3v) is 5.62. The first-order valence-electron chi connectivity index (χ1n) is 10.3. The number of carbonyl (C=O) groups excluding carboxylic acids is 1. The molecule has 5 nitrogen and oxygen atoms in total. The maximum atomic E-state index is 12.4. The van der Waals surface area contributed by atoms with Gasteiger partial charge in [-0.2, -0.15) is 0 Å². The highest BCUT2D eigenvalue weighted by molar-refractivity contribution is 5.74. The van der Waals surface area contributed by atoms with Gasteiger partial charge in [0.1, 0.15) is 5.75 Å². The average molecular weight is 372 g/mol. The lowest BCUT2D eigenvalue weighted by molar-refractivity contribution is 0.140. The molecule has 1 aromatic carbocycles. The SMILES string of the molecule is COc1cccc(CCN2CCN(C(=O)NCCC3=CCCCC3)CC2)c1. The molecule has 27 heavy (non-hydrogen) atoms. The zero-order chi connectivity index (χ0) is 18.9. The largest absolute Gasteiger partial charge is 0.497 e. The Morgan fingerprint density at radius 1 is 1.15 bits per heavy atom. The molecule has 1 aliphatic carbocycles. The zero-order valence-corrected chi connectivity index (χ0v) is 16.6. The molecule has 1 aromatic rings. The van der Waals surface area contributed by atoms with Crippen LogP contribution in [0.1, 0.15) is 37.7 Å². The first kappa shape index (κ1) is 19.7. The van der Waals surface area contributed by atoms with Crippen LogP contribution >= 0.6 is 0 Å². The maximum Gasteiger partial charge on any atom is 0.317 e. The molecule has 0 unspecified atom stereocenters. The van der Waals surface area contributed by atoms with Crippen molar-refractivity contribution in [2.75, 3.05) is 46.4 Å². The molecule has 148 valence electrons. The molecule has 2 aliphatic rings. The number of allylic oxidation sites excluding steroid dienone is 1. The molecular weight excluding hydrogens is 338 g/mol. The van der Waals surface area contributed by atoms with Gasteiger partial charge in [0.05, 0.1) is 7.11 Å². The van der Waals surface area contributed by atoms with Gasteiger partial charge in [-0.05, 0) is 56.2 Å². The predicted octanol–water partition coefficient (Wildman–Crippen LogP) is 3.46. The minimum Gasteiger partial charge on any atom is -0.497 e. The molecule has 5 heteroatoms. The van der Waals surface area contributed by atoms with Crippen molar-refractivity contribution in [3.63, 3.8) is 0 Å². The molecule has 3 rings (SSSR count). The van der Waals surface area contributed by atoms with Crippen molar-refractivity contribution >= 4 is 6.03 Å². The van der Waals surface area contributed by atoms with Gasteiger partial charge in [0.15, 0.2) is 0 Å². The van der Waals surface area contributed by atoms with Gasteiger partial charge in [0, 0.05) is 39.3 Å². The fraction of sp³-hybridized carbons (Fsp3) is 0.591. The molecule has 1 heterocycles. The van der Waals surface area contributed by atoms with Gasteiger partial charge in [0.25, 0.3) is 0 Å². The lowest BCUT2D eigenvalue weighted by Crippen LogP contribution is -2.52. The van der Waals surface area contributed by atoms with Crippen LogP contribution in [0, 0.1) is 0 Å². The third kappa shape index (κ3) is 6.28. The van der Waals surface area contributed by atoms with Crippen LogP contribution < -0.4 is 10.1 Å². The van der Waals surface area contributed by atoms with Crippen LogP contribution in [0.4, 0.5) is 4.79 Å². The summed E-state index contributed by atoms with van der Waals surface area (Å²) in [5.74, 6) is 0.915. The van der Waals surface area contributed by atoms with Crippen molar-refractivity contribution in [1.82, 2.24) is 15.1 Å². The van der Waals surface area contributed by atoms with Gasteiger partial charge < -0.3 is 15.0 Å². The average Bonchev–Trinajstić information content (AvgIpc) is 2.73. The summed E-state index contributed by atoms with van der Waals surface area (Å²) in [4.78, 5) is 16.8. The van der Waals surface area contributed by atoms with E-state index >= 15 is 0 Å². The first-order valence-corrected chi connectivity index (χ1v) is 10.3. The van der Waals surface area contributed by atoms with Crippen molar-refractivity contribution in [3.05, 3.63) is 41.5 Å². The summed E-state index contributed by atoms with van der Waals surface area (Å²) in [6, 6.07) is 8.36. The molecule has 0 aromatic heterocycles. The first-order chi connectivity index (χ1) is 13.2. The zero-order valence-electron chi connectivity index (χ0n) is 16.6. The number of nitrogens with one attached hydrogen (secondary N) is 1. The van der Waals surface area contributed by atoms with Crippen LogP contribution in [-0.2, 0) is 6.42 Å². The lowest BCUT2D eigenvalue weighted by atomic mass is 9.97. The number of amides is 2. The van der Waals surface area contributed by atoms with Crippen LogP contribution in [0.15, 0.2) is 35.9 Å². The van der Waals surface area contributed by atoms with E-state index < -0.39 is 0 Å². The smallest absolute Gasteiger partial charge is 0.317 e. The van der Waals surface area contributed by atoms with Gasteiger partial charge in [-0.1, -0.05) is 23.8 Å². The summed E-state index contributed by atoms with van der Waals surface area (Å²) in [7, 11) is 1.70. The molecule has 1 aliphatic heterocycles. The Morgan fingerprint density at radius 2 is 2.00 bits per heavy atom. The van der Waals surface area contributed by atoms with Crippen molar-refractivity contribution in [3.8, 4) is 5.75 Å². The van der Waals surface area contributed by atoms with Crippen LogP contribution in [0.25, 0.3) is 0 Å². The summed E-state index contributed by atoms with van der Waals surface area (Å²) in [5.41, 5.74) is 2.82. The van der Waals surface area contributed by atoms with E-state index in [1.54, 1.807) is 7.11 Å². The van der Waals surface area contributed by atoms with E-state index in [1.165, 1.54) is 36.8 Å². The predicted molar refractivity (Wildman–Crippen MR) is 109 cm³/mol. The molecular formula is C22H33N3O2. The highest BCUT2D eigenvalue weighted by Crippen LogP contribution is 2.19. The minimum atomic E-state index is 0.0962. The number of carbonyl (C=O) groups is 1. The number of hydrogen-bond donors (Lipinski definition) is 1. The van der Waals surface area contributed by atoms with Gasteiger partial charge in [-0.15, -0.1) is 0 Å². The lowest BCUT2D eigenvalue weighted by Gasteiger charge is -2.34. The summed E-state index contributed by atoms with van der Waals surface area (Å²) in [6.45, 7) is 5.31. The molecule has 1 N–H and O–H groups in total. The highest BCUT2D eigenvalue weighted by atomic mass is 16.5. The normalized spacial score (nSPS) is 18.1. The summed E-state index contributed by atoms with van der Waals surface area (Å²) in [6.07, 6.45) is 9.42. The topological polar surface area (TPSA) is 44.8 Å². The summed E-state index contributed by atoms with van der Waals surface area (Å²) >= 11 is 0. The van der Waals surface area contributed by atoms with E-state index in [9.17, 15) is 4.79 Å². The van der Waals surface area contributed by atoms with Crippen LogP contribution in [0.2, 0.25) is 0 Å². The van der Waals surface area contributed by atoms with E-state index in [2.05, 4.69) is 28.4 Å². The molecule has 0 radical (unpaired) electrons. The van der Waals surface area contributed by atoms with E-state index in [4.69, 9.17) is 4.74 Å². The van der Waals surface area contributed by atoms with E-state index in [0.29, 0.717) is 0 Å². The number of rotatable bonds is 7. The molecule has 0 saturated carbocycles.